The molecule has 13 heavy (non-hydrogen) atoms. The van der Waals surface area contributed by atoms with E-state index in [1.54, 1.807) is 6.92 Å². The number of aliphatic imine (C=N–C) groups is 1. The summed E-state index contributed by atoms with van der Waals surface area (Å²) in [5, 5.41) is 10.6. The Morgan fingerprint density at radius 3 is 2.92 bits per heavy atom. The maximum atomic E-state index is 10.6. The monoisotopic (exact) mass is 184 g/mol. The first-order valence-corrected chi connectivity index (χ1v) is 3.95. The summed E-state index contributed by atoms with van der Waals surface area (Å²) in [7, 11) is 0. The van der Waals surface area contributed by atoms with E-state index in [1.807, 2.05) is 0 Å². The van der Waals surface area contributed by atoms with E-state index in [1.165, 1.54) is 0 Å². The van der Waals surface area contributed by atoms with Crippen LogP contribution in [0.5, 0.6) is 0 Å². The fourth-order valence-electron chi connectivity index (χ4n) is 1.27. The molecular weight excluding hydrogens is 172 g/mol. The largest absolute Gasteiger partial charge is 0.387 e. The van der Waals surface area contributed by atoms with Crippen LogP contribution in [0.1, 0.15) is 19.8 Å². The van der Waals surface area contributed by atoms with E-state index in [9.17, 15) is 10.1 Å². The molecule has 0 radical (unpaired) electrons. The molecule has 0 bridgehead atoms. The minimum Gasteiger partial charge on any atom is -0.387 e. The smallest absolute Gasteiger partial charge is 0.284 e. The summed E-state index contributed by atoms with van der Waals surface area (Å²) in [5.41, 5.74) is 10.2. The molecule has 0 aromatic heterocycles. The number of nitro groups is 1. The third-order valence-electron chi connectivity index (χ3n) is 2.19. The summed E-state index contributed by atoms with van der Waals surface area (Å²) in [6.45, 7) is 1.79. The molecule has 72 valence electrons. The summed E-state index contributed by atoms with van der Waals surface area (Å²) in [5.74, 6) is 0.343. The van der Waals surface area contributed by atoms with Gasteiger partial charge in [0.05, 0.1) is 4.92 Å². The van der Waals surface area contributed by atoms with Crippen molar-refractivity contribution in [1.82, 2.24) is 0 Å². The lowest BCUT2D eigenvalue weighted by Crippen LogP contribution is -2.48. The van der Waals surface area contributed by atoms with Gasteiger partial charge in [-0.15, -0.1) is 0 Å². The molecule has 0 fully saturated rings. The molecule has 1 unspecified atom stereocenters. The van der Waals surface area contributed by atoms with E-state index in [0.717, 1.165) is 6.20 Å². The summed E-state index contributed by atoms with van der Waals surface area (Å²) < 4.78 is 0. The van der Waals surface area contributed by atoms with E-state index in [-0.39, 0.29) is 12.1 Å². The highest BCUT2D eigenvalue weighted by atomic mass is 16.6. The molecular formula is C7H12N4O2. The van der Waals surface area contributed by atoms with Gasteiger partial charge in [-0.3, -0.25) is 10.1 Å². The van der Waals surface area contributed by atoms with Crippen LogP contribution < -0.4 is 11.5 Å². The standard InChI is InChI=1S/C7H12N4O2/c1-2-7(9)3-6(8)10-4-5(7)11(12)13/h4H,2-3,9H2,1H3,(H2,8,10). The Kier molecular flexibility index (Phi) is 2.33. The molecule has 0 spiro atoms. The molecule has 1 heterocycles. The molecule has 1 aliphatic rings. The Morgan fingerprint density at radius 2 is 2.46 bits per heavy atom. The minimum atomic E-state index is -0.963. The first-order chi connectivity index (χ1) is 5.99. The second kappa shape index (κ2) is 3.14. The maximum absolute atomic E-state index is 10.6. The fraction of sp³-hybridized carbons (Fsp3) is 0.571. The highest BCUT2D eigenvalue weighted by Gasteiger charge is 2.40. The van der Waals surface area contributed by atoms with Crippen molar-refractivity contribution in [2.24, 2.45) is 16.5 Å². The van der Waals surface area contributed by atoms with Gasteiger partial charge in [-0.25, -0.2) is 4.99 Å². The van der Waals surface area contributed by atoms with Crippen LogP contribution in [0, 0.1) is 10.1 Å². The van der Waals surface area contributed by atoms with Crippen LogP contribution in [0.3, 0.4) is 0 Å². The van der Waals surface area contributed by atoms with Crippen LogP contribution in [-0.2, 0) is 0 Å². The first kappa shape index (κ1) is 9.66. The third kappa shape index (κ3) is 1.67. The van der Waals surface area contributed by atoms with E-state index in [4.69, 9.17) is 11.5 Å². The van der Waals surface area contributed by atoms with Gasteiger partial charge in [0.1, 0.15) is 17.6 Å². The predicted octanol–water partition coefficient (Wildman–Crippen LogP) is -0.0271. The number of nitrogens with two attached hydrogens (primary N) is 2. The summed E-state index contributed by atoms with van der Waals surface area (Å²) in [6.07, 6.45) is 1.86. The highest BCUT2D eigenvalue weighted by molar-refractivity contribution is 5.83. The van der Waals surface area contributed by atoms with Gasteiger partial charge in [-0.2, -0.15) is 0 Å². The molecule has 0 amide bonds. The number of hydrogen-bond donors (Lipinski definition) is 2. The molecule has 0 aliphatic carbocycles. The summed E-state index contributed by atoms with van der Waals surface area (Å²) in [4.78, 5) is 13.8. The minimum absolute atomic E-state index is 0.0656. The molecule has 4 N–H and O–H groups in total. The van der Waals surface area contributed by atoms with E-state index in [2.05, 4.69) is 4.99 Å². The Morgan fingerprint density at radius 1 is 1.85 bits per heavy atom. The van der Waals surface area contributed by atoms with Gasteiger partial charge < -0.3 is 11.5 Å². The lowest BCUT2D eigenvalue weighted by atomic mass is 9.88. The number of hydrogen-bond acceptors (Lipinski definition) is 5. The van der Waals surface area contributed by atoms with Gasteiger partial charge in [0.25, 0.3) is 5.70 Å². The zero-order chi connectivity index (χ0) is 10.1. The zero-order valence-electron chi connectivity index (χ0n) is 7.36. The van der Waals surface area contributed by atoms with Crippen molar-refractivity contribution in [2.75, 3.05) is 0 Å². The summed E-state index contributed by atoms with van der Waals surface area (Å²) >= 11 is 0. The average Bonchev–Trinajstić information content (AvgIpc) is 2.03. The van der Waals surface area contributed by atoms with Gasteiger partial charge in [0, 0.05) is 6.42 Å². The number of rotatable bonds is 2. The summed E-state index contributed by atoms with van der Waals surface area (Å²) in [6, 6.07) is 0. The Bertz CT molecular complexity index is 297. The molecule has 6 heteroatoms. The van der Waals surface area contributed by atoms with Gasteiger partial charge in [-0.1, -0.05) is 6.92 Å². The molecule has 0 saturated carbocycles. The number of amidine groups is 1. The lowest BCUT2D eigenvalue weighted by molar-refractivity contribution is -0.435. The van der Waals surface area contributed by atoms with Gasteiger partial charge in [-0.05, 0) is 6.42 Å². The van der Waals surface area contributed by atoms with Crippen LogP contribution in [0.4, 0.5) is 0 Å². The maximum Gasteiger partial charge on any atom is 0.284 e. The lowest BCUT2D eigenvalue weighted by Gasteiger charge is -2.26. The van der Waals surface area contributed by atoms with E-state index in [0.29, 0.717) is 12.3 Å². The van der Waals surface area contributed by atoms with Crippen molar-refractivity contribution in [1.29, 1.82) is 0 Å². The molecule has 1 rings (SSSR count). The first-order valence-electron chi connectivity index (χ1n) is 3.95. The number of nitrogens with zero attached hydrogens (tertiary/aromatic N) is 2. The SMILES string of the molecule is CCC1(N)CC(N)=NC=C1[N+](=O)[O-]. The molecule has 0 aromatic carbocycles. The molecule has 0 aromatic rings. The Hall–Kier alpha value is -1.43. The van der Waals surface area contributed by atoms with Gasteiger partial charge in [0.2, 0.25) is 0 Å². The normalized spacial score (nSPS) is 27.8. The van der Waals surface area contributed by atoms with Crippen molar-refractivity contribution in [3.63, 3.8) is 0 Å². The van der Waals surface area contributed by atoms with Gasteiger partial charge >= 0.3 is 0 Å². The van der Waals surface area contributed by atoms with Crippen molar-refractivity contribution in [3.8, 4) is 0 Å². The zero-order valence-corrected chi connectivity index (χ0v) is 7.36. The van der Waals surface area contributed by atoms with Crippen LogP contribution >= 0.6 is 0 Å². The molecule has 6 nitrogen and oxygen atoms in total. The van der Waals surface area contributed by atoms with E-state index >= 15 is 0 Å². The Labute approximate surface area is 75.5 Å². The molecule has 1 atom stereocenters. The van der Waals surface area contributed by atoms with Crippen LogP contribution in [-0.4, -0.2) is 16.3 Å². The van der Waals surface area contributed by atoms with Crippen molar-refractivity contribution in [2.45, 2.75) is 25.3 Å². The van der Waals surface area contributed by atoms with Crippen LogP contribution in [0.2, 0.25) is 0 Å². The predicted molar refractivity (Wildman–Crippen MR) is 48.5 cm³/mol. The van der Waals surface area contributed by atoms with Crippen molar-refractivity contribution >= 4 is 5.84 Å². The highest BCUT2D eigenvalue weighted by Crippen LogP contribution is 2.25. The third-order valence-corrected chi connectivity index (χ3v) is 2.19. The van der Waals surface area contributed by atoms with Crippen molar-refractivity contribution in [3.05, 3.63) is 22.0 Å². The van der Waals surface area contributed by atoms with Crippen LogP contribution in [0.25, 0.3) is 0 Å². The Balaban J connectivity index is 3.07. The molecule has 0 saturated heterocycles. The quantitative estimate of drug-likeness (QED) is 0.464. The second-order valence-electron chi connectivity index (χ2n) is 3.08. The van der Waals surface area contributed by atoms with Gasteiger partial charge in [0.15, 0.2) is 0 Å². The topological polar surface area (TPSA) is 108 Å². The molecule has 1 aliphatic heterocycles. The second-order valence-corrected chi connectivity index (χ2v) is 3.08. The van der Waals surface area contributed by atoms with E-state index < -0.39 is 10.5 Å². The fourth-order valence-corrected chi connectivity index (χ4v) is 1.27. The van der Waals surface area contributed by atoms with Crippen molar-refractivity contribution < 1.29 is 4.92 Å². The average molecular weight is 184 g/mol. The van der Waals surface area contributed by atoms with Crippen LogP contribution in [0.15, 0.2) is 16.9 Å².